The molecule has 1 atom stereocenters. The third-order valence-electron chi connectivity index (χ3n) is 3.85. The Kier molecular flexibility index (Phi) is 3.71. The fourth-order valence-electron chi connectivity index (χ4n) is 2.73. The third kappa shape index (κ3) is 2.54. The number of hydrogen-bond donors (Lipinski definition) is 1. The van der Waals surface area contributed by atoms with Crippen LogP contribution >= 0.6 is 0 Å². The van der Waals surface area contributed by atoms with E-state index in [1.807, 2.05) is 24.4 Å². The molecule has 0 aliphatic heterocycles. The molecule has 0 amide bonds. The molecule has 1 unspecified atom stereocenters. The summed E-state index contributed by atoms with van der Waals surface area (Å²) in [6, 6.07) is 10.5. The Balaban J connectivity index is 1.99. The molecule has 0 radical (unpaired) electrons. The van der Waals surface area contributed by atoms with Crippen molar-refractivity contribution in [3.8, 4) is 0 Å². The lowest BCUT2D eigenvalue weighted by atomic mass is 9.97. The topological polar surface area (TPSA) is 43.8 Å². The van der Waals surface area contributed by atoms with E-state index in [1.54, 1.807) is 18.3 Å². The van der Waals surface area contributed by atoms with Gasteiger partial charge in [0.25, 0.3) is 0 Å². The van der Waals surface area contributed by atoms with Crippen molar-refractivity contribution in [1.29, 1.82) is 0 Å². The lowest BCUT2D eigenvalue weighted by Crippen LogP contribution is -2.16. The van der Waals surface area contributed by atoms with Gasteiger partial charge in [-0.2, -0.15) is 0 Å². The van der Waals surface area contributed by atoms with Gasteiger partial charge in [-0.3, -0.25) is 0 Å². The molecule has 3 aromatic rings. The van der Waals surface area contributed by atoms with Crippen molar-refractivity contribution < 1.29 is 4.39 Å². The fourth-order valence-corrected chi connectivity index (χ4v) is 2.73. The van der Waals surface area contributed by atoms with Crippen LogP contribution in [0.4, 0.5) is 4.39 Å². The number of benzene rings is 2. The van der Waals surface area contributed by atoms with Gasteiger partial charge in [-0.05, 0) is 23.9 Å². The number of aromatic nitrogens is 2. The standard InChI is InChI=1S/C17H18FN3/c1-2-21-10-9-20-17(21)11-16(19)14-7-8-15(18)13-6-4-3-5-12(13)14/h3-10,16H,2,11,19H2,1H3. The van der Waals surface area contributed by atoms with Crippen LogP contribution in [0.2, 0.25) is 0 Å². The lowest BCUT2D eigenvalue weighted by Gasteiger charge is -2.15. The van der Waals surface area contributed by atoms with Gasteiger partial charge in [0.1, 0.15) is 11.6 Å². The first-order valence-electron chi connectivity index (χ1n) is 7.13. The van der Waals surface area contributed by atoms with E-state index in [1.165, 1.54) is 6.07 Å². The highest BCUT2D eigenvalue weighted by molar-refractivity contribution is 5.86. The van der Waals surface area contributed by atoms with Gasteiger partial charge in [-0.1, -0.05) is 30.3 Å². The van der Waals surface area contributed by atoms with Crippen molar-refractivity contribution >= 4 is 10.8 Å². The molecule has 0 aliphatic rings. The maximum atomic E-state index is 13.9. The van der Waals surface area contributed by atoms with Crippen LogP contribution in [0.5, 0.6) is 0 Å². The quantitative estimate of drug-likeness (QED) is 0.797. The van der Waals surface area contributed by atoms with Gasteiger partial charge in [0, 0.05) is 36.8 Å². The SMILES string of the molecule is CCn1ccnc1CC(N)c1ccc(F)c2ccccc12. The molecular formula is C17H18FN3. The maximum Gasteiger partial charge on any atom is 0.131 e. The number of rotatable bonds is 4. The summed E-state index contributed by atoms with van der Waals surface area (Å²) >= 11 is 0. The molecule has 0 spiro atoms. The van der Waals surface area contributed by atoms with Crippen LogP contribution in [0, 0.1) is 5.82 Å². The van der Waals surface area contributed by atoms with Crippen LogP contribution in [0.25, 0.3) is 10.8 Å². The minimum absolute atomic E-state index is 0.205. The Morgan fingerprint density at radius 1 is 1.19 bits per heavy atom. The first-order chi connectivity index (χ1) is 10.2. The number of imidazole rings is 1. The van der Waals surface area contributed by atoms with Crippen molar-refractivity contribution in [2.75, 3.05) is 0 Å². The van der Waals surface area contributed by atoms with Gasteiger partial charge in [-0.25, -0.2) is 9.37 Å². The number of fused-ring (bicyclic) bond motifs is 1. The minimum atomic E-state index is -0.211. The molecule has 0 bridgehead atoms. The van der Waals surface area contributed by atoms with Gasteiger partial charge in [-0.15, -0.1) is 0 Å². The lowest BCUT2D eigenvalue weighted by molar-refractivity contribution is 0.624. The van der Waals surface area contributed by atoms with Gasteiger partial charge < -0.3 is 10.3 Å². The molecule has 0 saturated heterocycles. The Morgan fingerprint density at radius 2 is 1.95 bits per heavy atom. The summed E-state index contributed by atoms with van der Waals surface area (Å²) in [5, 5.41) is 1.49. The average Bonchev–Trinajstić information content (AvgIpc) is 2.95. The molecule has 1 aromatic heterocycles. The summed E-state index contributed by atoms with van der Waals surface area (Å²) in [4.78, 5) is 4.36. The number of nitrogens with zero attached hydrogens (tertiary/aromatic N) is 2. The van der Waals surface area contributed by atoms with Crippen LogP contribution in [-0.4, -0.2) is 9.55 Å². The zero-order chi connectivity index (χ0) is 14.8. The second-order valence-electron chi connectivity index (χ2n) is 5.12. The highest BCUT2D eigenvalue weighted by Crippen LogP contribution is 2.27. The summed E-state index contributed by atoms with van der Waals surface area (Å²) in [6.07, 6.45) is 4.37. The van der Waals surface area contributed by atoms with E-state index in [2.05, 4.69) is 16.5 Å². The number of nitrogens with two attached hydrogens (primary N) is 1. The van der Waals surface area contributed by atoms with Crippen molar-refractivity contribution in [3.05, 3.63) is 66.0 Å². The predicted octanol–water partition coefficient (Wildman–Crippen LogP) is 3.44. The highest BCUT2D eigenvalue weighted by Gasteiger charge is 2.14. The van der Waals surface area contributed by atoms with Crippen LogP contribution < -0.4 is 5.73 Å². The molecular weight excluding hydrogens is 265 g/mol. The Labute approximate surface area is 123 Å². The van der Waals surface area contributed by atoms with Gasteiger partial charge in [0.2, 0.25) is 0 Å². The molecule has 3 rings (SSSR count). The number of aryl methyl sites for hydroxylation is 1. The van der Waals surface area contributed by atoms with Crippen molar-refractivity contribution in [1.82, 2.24) is 9.55 Å². The predicted molar refractivity (Wildman–Crippen MR) is 82.4 cm³/mol. The molecule has 0 aliphatic carbocycles. The summed E-state index contributed by atoms with van der Waals surface area (Å²) < 4.78 is 15.9. The van der Waals surface area contributed by atoms with Gasteiger partial charge in [0.05, 0.1) is 0 Å². The van der Waals surface area contributed by atoms with E-state index < -0.39 is 0 Å². The van der Waals surface area contributed by atoms with Crippen LogP contribution in [0.3, 0.4) is 0 Å². The van der Waals surface area contributed by atoms with Crippen LogP contribution in [0.15, 0.2) is 48.8 Å². The molecule has 2 N–H and O–H groups in total. The number of halogens is 1. The van der Waals surface area contributed by atoms with Crippen molar-refractivity contribution in [2.24, 2.45) is 5.73 Å². The van der Waals surface area contributed by atoms with Crippen LogP contribution in [-0.2, 0) is 13.0 Å². The molecule has 3 nitrogen and oxygen atoms in total. The van der Waals surface area contributed by atoms with Crippen LogP contribution in [0.1, 0.15) is 24.4 Å². The Hall–Kier alpha value is -2.20. The smallest absolute Gasteiger partial charge is 0.131 e. The molecule has 1 heterocycles. The fraction of sp³-hybridized carbons (Fsp3) is 0.235. The first-order valence-corrected chi connectivity index (χ1v) is 7.13. The molecule has 21 heavy (non-hydrogen) atoms. The monoisotopic (exact) mass is 283 g/mol. The average molecular weight is 283 g/mol. The molecule has 4 heteroatoms. The molecule has 2 aromatic carbocycles. The zero-order valence-corrected chi connectivity index (χ0v) is 12.0. The normalized spacial score (nSPS) is 12.7. The second kappa shape index (κ2) is 5.66. The van der Waals surface area contributed by atoms with E-state index in [0.717, 1.165) is 23.3 Å². The van der Waals surface area contributed by atoms with E-state index >= 15 is 0 Å². The van der Waals surface area contributed by atoms with E-state index in [0.29, 0.717) is 11.8 Å². The summed E-state index contributed by atoms with van der Waals surface area (Å²) in [6.45, 7) is 2.94. The third-order valence-corrected chi connectivity index (χ3v) is 3.85. The van der Waals surface area contributed by atoms with E-state index in [-0.39, 0.29) is 11.9 Å². The summed E-state index contributed by atoms with van der Waals surface area (Å²) in [5.74, 6) is 0.745. The summed E-state index contributed by atoms with van der Waals surface area (Å²) in [7, 11) is 0. The molecule has 0 saturated carbocycles. The molecule has 108 valence electrons. The van der Waals surface area contributed by atoms with E-state index in [4.69, 9.17) is 5.73 Å². The second-order valence-corrected chi connectivity index (χ2v) is 5.12. The first kappa shape index (κ1) is 13.8. The van der Waals surface area contributed by atoms with Gasteiger partial charge >= 0.3 is 0 Å². The summed E-state index contributed by atoms with van der Waals surface area (Å²) in [5.41, 5.74) is 7.31. The van der Waals surface area contributed by atoms with E-state index in [9.17, 15) is 4.39 Å². The maximum absolute atomic E-state index is 13.9. The Morgan fingerprint density at radius 3 is 2.71 bits per heavy atom. The van der Waals surface area contributed by atoms with Gasteiger partial charge in [0.15, 0.2) is 0 Å². The Bertz CT molecular complexity index is 764. The molecule has 0 fully saturated rings. The van der Waals surface area contributed by atoms with Crippen molar-refractivity contribution in [3.63, 3.8) is 0 Å². The highest BCUT2D eigenvalue weighted by atomic mass is 19.1. The zero-order valence-electron chi connectivity index (χ0n) is 12.0. The van der Waals surface area contributed by atoms with Crippen molar-refractivity contribution in [2.45, 2.75) is 25.9 Å². The number of hydrogen-bond acceptors (Lipinski definition) is 2. The minimum Gasteiger partial charge on any atom is -0.335 e. The largest absolute Gasteiger partial charge is 0.335 e.